The number of hydrogen-bond acceptors (Lipinski definition) is 8. The summed E-state index contributed by atoms with van der Waals surface area (Å²) in [6.45, 7) is 4.95. The van der Waals surface area contributed by atoms with E-state index in [9.17, 15) is 0 Å². The third kappa shape index (κ3) is 3.75. The molecule has 0 fully saturated rings. The molecule has 0 unspecified atom stereocenters. The molecule has 0 aliphatic rings. The molecule has 9 heteroatoms. The molecule has 29 heavy (non-hydrogen) atoms. The van der Waals surface area contributed by atoms with Gasteiger partial charge in [0.25, 0.3) is 0 Å². The van der Waals surface area contributed by atoms with Crippen LogP contribution < -0.4 is 20.5 Å². The van der Waals surface area contributed by atoms with Crippen molar-refractivity contribution in [2.24, 2.45) is 0 Å². The molecule has 148 valence electrons. The summed E-state index contributed by atoms with van der Waals surface area (Å²) in [5.41, 5.74) is 8.44. The number of nitrogen functional groups attached to an aromatic ring is 1. The first-order valence-electron chi connectivity index (χ1n) is 9.28. The summed E-state index contributed by atoms with van der Waals surface area (Å²) >= 11 is 0. The summed E-state index contributed by atoms with van der Waals surface area (Å²) < 4.78 is 13.0. The number of fused-ring (bicyclic) bond motifs is 1. The maximum Gasteiger partial charge on any atom is 0.241 e. The van der Waals surface area contributed by atoms with Crippen LogP contribution >= 0.6 is 0 Å². The summed E-state index contributed by atoms with van der Waals surface area (Å²) in [4.78, 5) is 17.3. The number of nitrogens with one attached hydrogen (secondary N) is 1. The summed E-state index contributed by atoms with van der Waals surface area (Å²) in [6.07, 6.45) is 1.43. The number of para-hydroxylation sites is 2. The standard InChI is InChI=1S/C20H21N7O2/c1-3-28-16-10-9-13(11-17(16)29-4-2)24-19-22-12-23-20(26-19)27-15-8-6-5-7-14(15)25-18(27)21/h5-12H,3-4H2,1-2H3,(H2,21,25)(H,22,23,24,26). The normalized spacial score (nSPS) is 10.8. The van der Waals surface area contributed by atoms with Gasteiger partial charge in [-0.1, -0.05) is 12.1 Å². The van der Waals surface area contributed by atoms with Gasteiger partial charge in [0.15, 0.2) is 11.5 Å². The Bertz CT molecular complexity index is 1140. The average Bonchev–Trinajstić information content (AvgIpc) is 3.06. The minimum absolute atomic E-state index is 0.308. The SMILES string of the molecule is CCOc1ccc(Nc2ncnc(-n3c(N)nc4ccccc43)n2)cc1OCC. The molecular formula is C20H21N7O2. The number of nitrogens with two attached hydrogens (primary N) is 1. The molecule has 0 saturated heterocycles. The van der Waals surface area contributed by atoms with Crippen molar-refractivity contribution < 1.29 is 9.47 Å². The number of hydrogen-bond donors (Lipinski definition) is 2. The number of ether oxygens (including phenoxy) is 2. The molecule has 4 rings (SSSR count). The van der Waals surface area contributed by atoms with Gasteiger partial charge < -0.3 is 20.5 Å². The topological polar surface area (TPSA) is 113 Å². The van der Waals surface area contributed by atoms with Crippen LogP contribution in [0.5, 0.6) is 11.5 Å². The number of aromatic nitrogens is 5. The molecule has 0 amide bonds. The van der Waals surface area contributed by atoms with E-state index in [0.717, 1.165) is 16.7 Å². The second kappa shape index (κ2) is 8.01. The highest BCUT2D eigenvalue weighted by Crippen LogP contribution is 2.31. The molecule has 0 aliphatic heterocycles. The summed E-state index contributed by atoms with van der Waals surface area (Å²) in [6, 6.07) is 13.2. The highest BCUT2D eigenvalue weighted by molar-refractivity contribution is 5.80. The molecule has 9 nitrogen and oxygen atoms in total. The smallest absolute Gasteiger partial charge is 0.241 e. The van der Waals surface area contributed by atoms with Crippen molar-refractivity contribution in [3.05, 3.63) is 48.8 Å². The quantitative estimate of drug-likeness (QED) is 0.493. The maximum absolute atomic E-state index is 6.09. The Balaban J connectivity index is 1.66. The van der Waals surface area contributed by atoms with E-state index in [2.05, 4.69) is 25.3 Å². The molecule has 0 atom stereocenters. The monoisotopic (exact) mass is 391 g/mol. The molecular weight excluding hydrogens is 370 g/mol. The van der Waals surface area contributed by atoms with Crippen LogP contribution in [-0.4, -0.2) is 37.7 Å². The average molecular weight is 391 g/mol. The number of nitrogens with zero attached hydrogens (tertiary/aromatic N) is 5. The third-order valence-corrected chi connectivity index (χ3v) is 4.15. The Morgan fingerprint density at radius 1 is 0.966 bits per heavy atom. The van der Waals surface area contributed by atoms with Crippen LogP contribution in [0.1, 0.15) is 13.8 Å². The van der Waals surface area contributed by atoms with Crippen molar-refractivity contribution in [3.8, 4) is 17.4 Å². The Hall–Kier alpha value is -3.88. The summed E-state index contributed by atoms with van der Waals surface area (Å²) in [7, 11) is 0. The van der Waals surface area contributed by atoms with Crippen molar-refractivity contribution in [2.45, 2.75) is 13.8 Å². The van der Waals surface area contributed by atoms with Crippen molar-refractivity contribution in [3.63, 3.8) is 0 Å². The first-order valence-corrected chi connectivity index (χ1v) is 9.28. The lowest BCUT2D eigenvalue weighted by Gasteiger charge is -2.13. The van der Waals surface area contributed by atoms with Crippen molar-refractivity contribution in [1.29, 1.82) is 0 Å². The van der Waals surface area contributed by atoms with Gasteiger partial charge in [0, 0.05) is 11.8 Å². The zero-order chi connectivity index (χ0) is 20.2. The van der Waals surface area contributed by atoms with E-state index in [1.165, 1.54) is 6.33 Å². The molecule has 2 aromatic carbocycles. The number of imidazole rings is 1. The van der Waals surface area contributed by atoms with Gasteiger partial charge in [0.2, 0.25) is 17.8 Å². The number of rotatable bonds is 7. The minimum atomic E-state index is 0.308. The fourth-order valence-electron chi connectivity index (χ4n) is 2.97. The molecule has 0 saturated carbocycles. The molecule has 2 heterocycles. The maximum atomic E-state index is 6.09. The Kier molecular flexibility index (Phi) is 5.10. The van der Waals surface area contributed by atoms with Crippen molar-refractivity contribution in [1.82, 2.24) is 24.5 Å². The Labute approximate surface area is 167 Å². The van der Waals surface area contributed by atoms with E-state index in [1.54, 1.807) is 4.57 Å². The van der Waals surface area contributed by atoms with Gasteiger partial charge in [-0.2, -0.15) is 4.98 Å². The number of benzene rings is 2. The second-order valence-electron chi connectivity index (χ2n) is 6.06. The largest absolute Gasteiger partial charge is 0.490 e. The minimum Gasteiger partial charge on any atom is -0.490 e. The van der Waals surface area contributed by atoms with Crippen LogP contribution in [0.3, 0.4) is 0 Å². The van der Waals surface area contributed by atoms with Crippen LogP contribution in [0, 0.1) is 0 Å². The highest BCUT2D eigenvalue weighted by Gasteiger charge is 2.13. The zero-order valence-corrected chi connectivity index (χ0v) is 16.2. The number of anilines is 3. The predicted molar refractivity (Wildman–Crippen MR) is 111 cm³/mol. The lowest BCUT2D eigenvalue weighted by molar-refractivity contribution is 0.288. The summed E-state index contributed by atoms with van der Waals surface area (Å²) in [5.74, 6) is 2.40. The van der Waals surface area contributed by atoms with Gasteiger partial charge in [0.05, 0.1) is 24.2 Å². The zero-order valence-electron chi connectivity index (χ0n) is 16.2. The first kappa shape index (κ1) is 18.5. The van der Waals surface area contributed by atoms with Crippen LogP contribution in [-0.2, 0) is 0 Å². The summed E-state index contributed by atoms with van der Waals surface area (Å²) in [5, 5.41) is 3.17. The Morgan fingerprint density at radius 3 is 2.59 bits per heavy atom. The van der Waals surface area contributed by atoms with E-state index in [-0.39, 0.29) is 0 Å². The predicted octanol–water partition coefficient (Wildman–Crippen LogP) is 3.33. The fourth-order valence-corrected chi connectivity index (χ4v) is 2.97. The van der Waals surface area contributed by atoms with Crippen LogP contribution in [0.15, 0.2) is 48.8 Å². The van der Waals surface area contributed by atoms with Gasteiger partial charge in [-0.05, 0) is 38.1 Å². The van der Waals surface area contributed by atoms with Crippen LogP contribution in [0.2, 0.25) is 0 Å². The molecule has 0 spiro atoms. The highest BCUT2D eigenvalue weighted by atomic mass is 16.5. The van der Waals surface area contributed by atoms with Gasteiger partial charge in [0.1, 0.15) is 6.33 Å². The van der Waals surface area contributed by atoms with Gasteiger partial charge in [-0.25, -0.2) is 19.5 Å². The van der Waals surface area contributed by atoms with Crippen LogP contribution in [0.25, 0.3) is 17.0 Å². The van der Waals surface area contributed by atoms with E-state index in [0.29, 0.717) is 42.6 Å². The molecule has 0 radical (unpaired) electrons. The van der Waals surface area contributed by atoms with E-state index >= 15 is 0 Å². The molecule has 3 N–H and O–H groups in total. The first-order chi connectivity index (χ1) is 14.2. The molecule has 4 aromatic rings. The van der Waals surface area contributed by atoms with E-state index in [4.69, 9.17) is 15.2 Å². The van der Waals surface area contributed by atoms with Crippen molar-refractivity contribution in [2.75, 3.05) is 24.3 Å². The lowest BCUT2D eigenvalue weighted by atomic mass is 10.2. The van der Waals surface area contributed by atoms with Gasteiger partial charge in [-0.3, -0.25) is 0 Å². The Morgan fingerprint density at radius 2 is 1.76 bits per heavy atom. The second-order valence-corrected chi connectivity index (χ2v) is 6.06. The third-order valence-electron chi connectivity index (χ3n) is 4.15. The fraction of sp³-hybridized carbons (Fsp3) is 0.200. The van der Waals surface area contributed by atoms with E-state index < -0.39 is 0 Å². The lowest BCUT2D eigenvalue weighted by Crippen LogP contribution is -2.08. The molecule has 0 bridgehead atoms. The van der Waals surface area contributed by atoms with Crippen LogP contribution in [0.4, 0.5) is 17.6 Å². The molecule has 0 aliphatic carbocycles. The van der Waals surface area contributed by atoms with Gasteiger partial charge in [-0.15, -0.1) is 0 Å². The van der Waals surface area contributed by atoms with Crippen molar-refractivity contribution >= 4 is 28.6 Å². The molecule has 2 aromatic heterocycles. The van der Waals surface area contributed by atoms with E-state index in [1.807, 2.05) is 56.3 Å². The van der Waals surface area contributed by atoms with Gasteiger partial charge >= 0.3 is 0 Å².